The molecule has 0 amide bonds. The normalized spacial score (nSPS) is 9.16. The number of aryl methyl sites for hydroxylation is 1. The molecule has 1 rings (SSSR count). The molecule has 0 atom stereocenters. The zero-order valence-electron chi connectivity index (χ0n) is 13.2. The van der Waals surface area contributed by atoms with Crippen molar-refractivity contribution in [1.29, 1.82) is 10.7 Å². The van der Waals surface area contributed by atoms with E-state index in [1.54, 1.807) is 13.2 Å². The van der Waals surface area contributed by atoms with Gasteiger partial charge in [0.1, 0.15) is 11.8 Å². The van der Waals surface area contributed by atoms with Crippen LogP contribution in [0.5, 0.6) is 0 Å². The first kappa shape index (κ1) is 19.7. The van der Waals surface area contributed by atoms with E-state index in [4.69, 9.17) is 15.4 Å². The molecule has 0 heterocycles. The van der Waals surface area contributed by atoms with Gasteiger partial charge in [-0.05, 0) is 38.8 Å². The van der Waals surface area contributed by atoms with Gasteiger partial charge in [-0.15, -0.1) is 0 Å². The Morgan fingerprint density at radius 3 is 2.00 bits per heavy atom. The molecule has 0 aliphatic rings. The number of nitriles is 1. The quantitative estimate of drug-likeness (QED) is 0.800. The van der Waals surface area contributed by atoms with Crippen LogP contribution < -0.4 is 0 Å². The molecule has 3 heteroatoms. The third-order valence-electron chi connectivity index (χ3n) is 2.47. The van der Waals surface area contributed by atoms with E-state index in [-0.39, 0.29) is 11.3 Å². The monoisotopic (exact) mass is 262 g/mol. The molecule has 0 aliphatic carbocycles. The molecule has 106 valence electrons. The van der Waals surface area contributed by atoms with Crippen molar-refractivity contribution in [3.63, 3.8) is 0 Å². The minimum Gasteiger partial charge on any atom is -0.374 e. The first-order chi connectivity index (χ1) is 8.85. The second-order valence-corrected chi connectivity index (χ2v) is 4.27. The summed E-state index contributed by atoms with van der Waals surface area (Å²) in [6.45, 7) is 11.7. The van der Waals surface area contributed by atoms with E-state index in [2.05, 4.69) is 32.9 Å². The van der Waals surface area contributed by atoms with Gasteiger partial charge in [0, 0.05) is 7.11 Å². The summed E-state index contributed by atoms with van der Waals surface area (Å²) in [5.41, 5.74) is 2.42. The van der Waals surface area contributed by atoms with E-state index in [1.165, 1.54) is 18.1 Å². The van der Waals surface area contributed by atoms with Crippen LogP contribution in [0.2, 0.25) is 0 Å². The minimum absolute atomic E-state index is 0.0602. The summed E-state index contributed by atoms with van der Waals surface area (Å²) in [5, 5.41) is 14.1. The molecule has 0 saturated heterocycles. The highest BCUT2D eigenvalue weighted by Crippen LogP contribution is 2.26. The average Bonchev–Trinajstić information content (AvgIpc) is 2.42. The van der Waals surface area contributed by atoms with Crippen molar-refractivity contribution in [3.05, 3.63) is 35.4 Å². The van der Waals surface area contributed by atoms with Crippen molar-refractivity contribution in [2.75, 3.05) is 7.11 Å². The Morgan fingerprint density at radius 2 is 1.68 bits per heavy atom. The van der Waals surface area contributed by atoms with Crippen LogP contribution in [-0.2, 0) is 10.3 Å². The lowest BCUT2D eigenvalue weighted by molar-refractivity contribution is 0.0187. The zero-order chi connectivity index (χ0) is 15.5. The molecule has 0 aliphatic heterocycles. The lowest BCUT2D eigenvalue weighted by Gasteiger charge is -2.25. The Balaban J connectivity index is 0. The number of hydrogen-bond acceptors (Lipinski definition) is 3. The number of hydrogen-bond donors (Lipinski definition) is 1. The molecule has 0 fully saturated rings. The molecule has 1 aromatic carbocycles. The van der Waals surface area contributed by atoms with Crippen LogP contribution in [0.1, 0.15) is 45.7 Å². The second-order valence-electron chi connectivity index (χ2n) is 4.27. The molecule has 0 aromatic heterocycles. The van der Waals surface area contributed by atoms with Gasteiger partial charge in [0.25, 0.3) is 0 Å². The van der Waals surface area contributed by atoms with Crippen LogP contribution in [0.25, 0.3) is 0 Å². The molecule has 19 heavy (non-hydrogen) atoms. The number of nitrogens with one attached hydrogen (secondary N) is 1. The van der Waals surface area contributed by atoms with E-state index >= 15 is 0 Å². The largest absolute Gasteiger partial charge is 0.374 e. The van der Waals surface area contributed by atoms with Gasteiger partial charge < -0.3 is 4.74 Å². The van der Waals surface area contributed by atoms with Gasteiger partial charge in [-0.25, -0.2) is 0 Å². The molecule has 0 saturated carbocycles. The third kappa shape index (κ3) is 8.12. The summed E-state index contributed by atoms with van der Waals surface area (Å²) in [4.78, 5) is 0. The topological polar surface area (TPSA) is 56.9 Å². The number of methoxy groups -OCH3 is 1. The van der Waals surface area contributed by atoms with Crippen molar-refractivity contribution in [2.24, 2.45) is 0 Å². The second kappa shape index (κ2) is 10.3. The molecule has 0 radical (unpaired) electrons. The Bertz CT molecular complexity index is 417. The van der Waals surface area contributed by atoms with Crippen LogP contribution in [-0.4, -0.2) is 12.8 Å². The molecule has 0 bridgehead atoms. The molecule has 0 unspecified atom stereocenters. The number of ether oxygens (including phenoxy) is 1. The fraction of sp³-hybridized carbons (Fsp3) is 0.500. The number of nitrogens with zero attached hydrogens (tertiary/aromatic N) is 1. The van der Waals surface area contributed by atoms with Gasteiger partial charge in [0.2, 0.25) is 0 Å². The van der Waals surface area contributed by atoms with Crippen molar-refractivity contribution in [2.45, 2.75) is 47.1 Å². The van der Waals surface area contributed by atoms with Gasteiger partial charge >= 0.3 is 0 Å². The van der Waals surface area contributed by atoms with Crippen LogP contribution in [0.15, 0.2) is 24.3 Å². The van der Waals surface area contributed by atoms with Crippen LogP contribution in [0.4, 0.5) is 0 Å². The summed E-state index contributed by atoms with van der Waals surface area (Å²) in [6, 6.07) is 9.92. The fourth-order valence-corrected chi connectivity index (χ4v) is 1.36. The third-order valence-corrected chi connectivity index (χ3v) is 2.47. The molecule has 3 nitrogen and oxygen atoms in total. The van der Waals surface area contributed by atoms with E-state index < -0.39 is 0 Å². The van der Waals surface area contributed by atoms with E-state index in [9.17, 15) is 0 Å². The van der Waals surface area contributed by atoms with Gasteiger partial charge in [-0.1, -0.05) is 38.1 Å². The van der Waals surface area contributed by atoms with Crippen molar-refractivity contribution in [1.82, 2.24) is 0 Å². The maximum Gasteiger partial charge on any atom is 0.114 e. The maximum atomic E-state index is 7.67. The van der Waals surface area contributed by atoms with Crippen molar-refractivity contribution in [3.8, 4) is 6.07 Å². The highest BCUT2D eigenvalue weighted by Gasteiger charge is 2.20. The summed E-state index contributed by atoms with van der Waals surface area (Å²) < 4.78 is 5.40. The number of benzene rings is 1. The predicted octanol–water partition coefficient (Wildman–Crippen LogP) is 4.45. The molecular formula is C16H26N2O. The van der Waals surface area contributed by atoms with Gasteiger partial charge in [-0.3, -0.25) is 5.41 Å². The van der Waals surface area contributed by atoms with E-state index in [1.807, 2.05) is 26.0 Å². The van der Waals surface area contributed by atoms with Gasteiger partial charge in [0.15, 0.2) is 0 Å². The standard InChI is InChI=1S/C11H16O.C3H4N2.C2H6/c1-9-7-5-6-8-10(9)11(2,3)12-4;1-3(5)2-4;1-2/h5-8H,1-4H3;5H,1H3;1-2H3. The Hall–Kier alpha value is -1.66. The van der Waals surface area contributed by atoms with Crippen molar-refractivity contribution < 1.29 is 4.74 Å². The lowest BCUT2D eigenvalue weighted by Crippen LogP contribution is -2.20. The highest BCUT2D eigenvalue weighted by molar-refractivity contribution is 5.93. The van der Waals surface area contributed by atoms with Crippen LogP contribution in [0, 0.1) is 23.7 Å². The maximum absolute atomic E-state index is 7.67. The Kier molecular flexibility index (Phi) is 10.6. The smallest absolute Gasteiger partial charge is 0.114 e. The predicted molar refractivity (Wildman–Crippen MR) is 81.6 cm³/mol. The van der Waals surface area contributed by atoms with E-state index in [0.717, 1.165) is 0 Å². The average molecular weight is 262 g/mol. The SMILES string of the molecule is CC.CC(=N)C#N.COC(C)(C)c1ccccc1C. The lowest BCUT2D eigenvalue weighted by atomic mass is 9.94. The van der Waals surface area contributed by atoms with Gasteiger partial charge in [0.05, 0.1) is 5.60 Å². The van der Waals surface area contributed by atoms with E-state index in [0.29, 0.717) is 0 Å². The number of rotatable bonds is 2. The molecule has 1 N–H and O–H groups in total. The summed E-state index contributed by atoms with van der Waals surface area (Å²) in [7, 11) is 1.74. The first-order valence-corrected chi connectivity index (χ1v) is 6.41. The van der Waals surface area contributed by atoms with Crippen LogP contribution >= 0.6 is 0 Å². The minimum atomic E-state index is -0.175. The fourth-order valence-electron chi connectivity index (χ4n) is 1.36. The van der Waals surface area contributed by atoms with Crippen LogP contribution in [0.3, 0.4) is 0 Å². The first-order valence-electron chi connectivity index (χ1n) is 6.41. The highest BCUT2D eigenvalue weighted by atomic mass is 16.5. The van der Waals surface area contributed by atoms with Gasteiger partial charge in [-0.2, -0.15) is 5.26 Å². The summed E-state index contributed by atoms with van der Waals surface area (Å²) in [6.07, 6.45) is 0. The zero-order valence-corrected chi connectivity index (χ0v) is 13.2. The molecule has 0 spiro atoms. The molecular weight excluding hydrogens is 236 g/mol. The Morgan fingerprint density at radius 1 is 1.26 bits per heavy atom. The summed E-state index contributed by atoms with van der Waals surface area (Å²) >= 11 is 0. The molecule has 1 aromatic rings. The Labute approximate surface area is 117 Å². The van der Waals surface area contributed by atoms with Crippen molar-refractivity contribution >= 4 is 5.71 Å². The summed E-state index contributed by atoms with van der Waals surface area (Å²) in [5.74, 6) is 0.